The molecule has 0 amide bonds. The van der Waals surface area contributed by atoms with Gasteiger partial charge in [-0.1, -0.05) is 11.6 Å². The summed E-state index contributed by atoms with van der Waals surface area (Å²) in [5.41, 5.74) is -0.457. The van der Waals surface area contributed by atoms with Crippen LogP contribution in [-0.2, 0) is 16.0 Å². The summed E-state index contributed by atoms with van der Waals surface area (Å²) < 4.78 is 26.3. The molecular formula is C10H7ClF2O4. The fourth-order valence-electron chi connectivity index (χ4n) is 1.24. The summed E-state index contributed by atoms with van der Waals surface area (Å²) in [6, 6.07) is 1.54. The molecule has 1 aromatic rings. The van der Waals surface area contributed by atoms with E-state index in [4.69, 9.17) is 21.8 Å². The summed E-state index contributed by atoms with van der Waals surface area (Å²) in [6.45, 7) is 0. The van der Waals surface area contributed by atoms with Crippen LogP contribution in [0.4, 0.5) is 8.78 Å². The molecular weight excluding hydrogens is 258 g/mol. The van der Waals surface area contributed by atoms with E-state index in [1.54, 1.807) is 0 Å². The molecule has 0 heterocycles. The quantitative estimate of drug-likeness (QED) is 0.644. The third-order valence-electron chi connectivity index (χ3n) is 2.14. The number of halogens is 3. The van der Waals surface area contributed by atoms with Gasteiger partial charge in [-0.2, -0.15) is 0 Å². The van der Waals surface area contributed by atoms with Crippen molar-refractivity contribution in [2.45, 2.75) is 6.42 Å². The minimum Gasteiger partial charge on any atom is -0.481 e. The third kappa shape index (κ3) is 2.91. The molecule has 0 unspecified atom stereocenters. The van der Waals surface area contributed by atoms with Crippen LogP contribution in [0.2, 0.25) is 5.02 Å². The van der Waals surface area contributed by atoms with Gasteiger partial charge in [0.25, 0.3) is 0 Å². The summed E-state index contributed by atoms with van der Waals surface area (Å²) in [4.78, 5) is 21.2. The van der Waals surface area contributed by atoms with Gasteiger partial charge in [-0.3, -0.25) is 9.59 Å². The Morgan fingerprint density at radius 3 is 2.12 bits per heavy atom. The second-order valence-electron chi connectivity index (χ2n) is 3.25. The molecule has 0 fully saturated rings. The van der Waals surface area contributed by atoms with E-state index in [0.29, 0.717) is 0 Å². The zero-order valence-corrected chi connectivity index (χ0v) is 9.04. The van der Waals surface area contributed by atoms with Crippen molar-refractivity contribution in [1.82, 2.24) is 0 Å². The van der Waals surface area contributed by atoms with Crippen LogP contribution in [0.15, 0.2) is 12.1 Å². The highest BCUT2D eigenvalue weighted by molar-refractivity contribution is 6.31. The predicted molar refractivity (Wildman–Crippen MR) is 53.8 cm³/mol. The molecule has 1 rings (SSSR count). The highest BCUT2D eigenvalue weighted by Gasteiger charge is 2.28. The molecule has 4 nitrogen and oxygen atoms in total. The normalized spacial score (nSPS) is 10.6. The van der Waals surface area contributed by atoms with Crippen molar-refractivity contribution in [3.8, 4) is 0 Å². The van der Waals surface area contributed by atoms with Gasteiger partial charge in [0, 0.05) is 12.0 Å². The van der Waals surface area contributed by atoms with Crippen molar-refractivity contribution in [3.05, 3.63) is 34.4 Å². The summed E-state index contributed by atoms with van der Waals surface area (Å²) in [7, 11) is 0. The minimum absolute atomic E-state index is 0.457. The van der Waals surface area contributed by atoms with E-state index < -0.39 is 46.5 Å². The van der Waals surface area contributed by atoms with Gasteiger partial charge in [0.2, 0.25) is 0 Å². The molecule has 0 radical (unpaired) electrons. The maximum atomic E-state index is 13.3. The van der Waals surface area contributed by atoms with Crippen molar-refractivity contribution in [1.29, 1.82) is 0 Å². The summed E-state index contributed by atoms with van der Waals surface area (Å²) >= 11 is 5.45. The average Bonchev–Trinajstić information content (AvgIpc) is 2.23. The van der Waals surface area contributed by atoms with Crippen LogP contribution in [-0.4, -0.2) is 22.2 Å². The molecule has 0 aliphatic heterocycles. The van der Waals surface area contributed by atoms with Crippen LogP contribution >= 0.6 is 11.6 Å². The molecule has 92 valence electrons. The molecule has 7 heteroatoms. The summed E-state index contributed by atoms with van der Waals surface area (Å²) in [5, 5.41) is 16.6. The summed E-state index contributed by atoms with van der Waals surface area (Å²) in [5.74, 6) is -7.03. The smallest absolute Gasteiger partial charge is 0.318 e. The molecule has 0 aliphatic rings. The number of aliphatic carboxylic acids is 2. The maximum Gasteiger partial charge on any atom is 0.318 e. The van der Waals surface area contributed by atoms with Crippen molar-refractivity contribution in [2.75, 3.05) is 0 Å². The first-order valence-corrected chi connectivity index (χ1v) is 4.80. The minimum atomic E-state index is -1.87. The van der Waals surface area contributed by atoms with E-state index in [1.165, 1.54) is 0 Å². The molecule has 0 spiro atoms. The van der Waals surface area contributed by atoms with E-state index >= 15 is 0 Å². The van der Waals surface area contributed by atoms with Crippen molar-refractivity contribution < 1.29 is 28.6 Å². The number of benzene rings is 1. The predicted octanol–water partition coefficient (Wildman–Crippen LogP) is 1.95. The number of carbonyl (C=O) groups is 2. The fraction of sp³-hybridized carbons (Fsp3) is 0.200. The van der Waals surface area contributed by atoms with Gasteiger partial charge >= 0.3 is 11.9 Å². The Bertz CT molecular complexity index is 462. The first-order chi connectivity index (χ1) is 7.84. The van der Waals surface area contributed by atoms with E-state index in [1.807, 2.05) is 0 Å². The first kappa shape index (κ1) is 13.4. The maximum absolute atomic E-state index is 13.3. The van der Waals surface area contributed by atoms with Crippen LogP contribution in [0, 0.1) is 17.6 Å². The lowest BCUT2D eigenvalue weighted by Gasteiger charge is -2.10. The van der Waals surface area contributed by atoms with Crippen LogP contribution in [0.1, 0.15) is 5.56 Å². The van der Waals surface area contributed by atoms with Gasteiger partial charge in [-0.15, -0.1) is 0 Å². The van der Waals surface area contributed by atoms with Gasteiger partial charge in [0.05, 0.1) is 5.02 Å². The number of rotatable bonds is 4. The number of carboxylic acids is 2. The zero-order valence-electron chi connectivity index (χ0n) is 8.28. The van der Waals surface area contributed by atoms with Crippen molar-refractivity contribution in [3.63, 3.8) is 0 Å². The largest absolute Gasteiger partial charge is 0.481 e. The Kier molecular flexibility index (Phi) is 4.01. The molecule has 17 heavy (non-hydrogen) atoms. The Balaban J connectivity index is 3.13. The Morgan fingerprint density at radius 2 is 1.65 bits per heavy atom. The van der Waals surface area contributed by atoms with Gasteiger partial charge in [-0.25, -0.2) is 8.78 Å². The topological polar surface area (TPSA) is 74.6 Å². The van der Waals surface area contributed by atoms with E-state index in [0.717, 1.165) is 12.1 Å². The average molecular weight is 265 g/mol. The molecule has 0 aliphatic carbocycles. The van der Waals surface area contributed by atoms with Crippen molar-refractivity contribution >= 4 is 23.5 Å². The van der Waals surface area contributed by atoms with E-state index in [2.05, 4.69) is 0 Å². The fourth-order valence-corrected chi connectivity index (χ4v) is 1.47. The monoisotopic (exact) mass is 264 g/mol. The number of carboxylic acid groups (broad SMARTS) is 2. The standard InChI is InChI=1S/C10H7ClF2O4/c11-8-4(6(12)1-2-7(8)13)3-5(9(14)15)10(16)17/h1-2,5H,3H2,(H,14,15)(H,16,17). The van der Waals surface area contributed by atoms with E-state index in [9.17, 15) is 18.4 Å². The number of hydrogen-bond donors (Lipinski definition) is 2. The molecule has 1 aromatic carbocycles. The molecule has 2 N–H and O–H groups in total. The molecule has 0 bridgehead atoms. The van der Waals surface area contributed by atoms with Gasteiger partial charge in [-0.05, 0) is 12.1 Å². The zero-order chi connectivity index (χ0) is 13.2. The Hall–Kier alpha value is -1.69. The molecule has 0 saturated heterocycles. The van der Waals surface area contributed by atoms with Crippen LogP contribution < -0.4 is 0 Å². The second kappa shape index (κ2) is 5.09. The van der Waals surface area contributed by atoms with Crippen molar-refractivity contribution in [2.24, 2.45) is 5.92 Å². The highest BCUT2D eigenvalue weighted by atomic mass is 35.5. The van der Waals surface area contributed by atoms with Crippen LogP contribution in [0.3, 0.4) is 0 Å². The third-order valence-corrected chi connectivity index (χ3v) is 2.55. The Morgan fingerprint density at radius 1 is 1.18 bits per heavy atom. The number of hydrogen-bond acceptors (Lipinski definition) is 2. The van der Waals surface area contributed by atoms with E-state index in [-0.39, 0.29) is 0 Å². The molecule has 0 saturated carbocycles. The lowest BCUT2D eigenvalue weighted by atomic mass is 9.99. The van der Waals surface area contributed by atoms with Gasteiger partial charge in [0.1, 0.15) is 11.6 Å². The van der Waals surface area contributed by atoms with Crippen LogP contribution in [0.25, 0.3) is 0 Å². The van der Waals surface area contributed by atoms with Crippen LogP contribution in [0.5, 0.6) is 0 Å². The summed E-state index contributed by atoms with van der Waals surface area (Å²) in [6.07, 6.45) is -0.715. The van der Waals surface area contributed by atoms with Gasteiger partial charge in [0.15, 0.2) is 5.92 Å². The highest BCUT2D eigenvalue weighted by Crippen LogP contribution is 2.25. The SMILES string of the molecule is O=C(O)C(Cc1c(F)ccc(F)c1Cl)C(=O)O. The molecule has 0 aromatic heterocycles. The lowest BCUT2D eigenvalue weighted by Crippen LogP contribution is -2.26. The second-order valence-corrected chi connectivity index (χ2v) is 3.63. The first-order valence-electron chi connectivity index (χ1n) is 4.42. The Labute approximate surface area is 99.4 Å². The lowest BCUT2D eigenvalue weighted by molar-refractivity contribution is -0.154. The molecule has 0 atom stereocenters. The van der Waals surface area contributed by atoms with Gasteiger partial charge < -0.3 is 10.2 Å².